The molecule has 4 atom stereocenters. The van der Waals surface area contributed by atoms with E-state index in [-0.39, 0.29) is 13.1 Å². The number of hydrogen-bond acceptors (Lipinski definition) is 6. The zero-order valence-corrected chi connectivity index (χ0v) is 29.8. The number of carboxylic acid groups (broad SMARTS) is 2. The molecule has 1 fully saturated rings. The monoisotopic (exact) mass is 710 g/mol. The van der Waals surface area contributed by atoms with Crippen molar-refractivity contribution < 1.29 is 29.4 Å². The first-order valence-corrected chi connectivity index (χ1v) is 18.5. The lowest BCUT2D eigenvalue weighted by Crippen LogP contribution is -2.64. The lowest BCUT2D eigenvalue weighted by molar-refractivity contribution is -0.187. The van der Waals surface area contributed by atoms with Gasteiger partial charge < -0.3 is 20.0 Å². The molecule has 1 aliphatic carbocycles. The standard InChI is InChI=1S/C40H42N2O6S2/c1-3-23-41(25-27-15-19-31(20-16-27)49-29-11-7-5-8-12-29)37(43)33-34(36(40(47)48)35(33)39(45)46)38(44)42(24-4-2)26-28-17-21-32(22-18-28)50-30-13-9-6-10-14-30/h5-22,33-36H,3-4,23-26H2,1-2H3,(H,45,46)(H,47,48)/t33-,34-,35-,36-/m1/s1. The first-order chi connectivity index (χ1) is 24.2. The number of amides is 2. The van der Waals surface area contributed by atoms with Gasteiger partial charge in [0, 0.05) is 45.8 Å². The van der Waals surface area contributed by atoms with E-state index >= 15 is 0 Å². The van der Waals surface area contributed by atoms with Gasteiger partial charge in [-0.2, -0.15) is 0 Å². The lowest BCUT2D eigenvalue weighted by atomic mass is 9.55. The van der Waals surface area contributed by atoms with E-state index < -0.39 is 47.4 Å². The smallest absolute Gasteiger partial charge is 0.308 e. The van der Waals surface area contributed by atoms with Crippen LogP contribution in [-0.4, -0.2) is 56.9 Å². The normalized spacial score (nSPS) is 18.1. The summed E-state index contributed by atoms with van der Waals surface area (Å²) < 4.78 is 0. The molecule has 0 heterocycles. The third kappa shape index (κ3) is 8.97. The van der Waals surface area contributed by atoms with Crippen LogP contribution in [0.25, 0.3) is 0 Å². The van der Waals surface area contributed by atoms with Gasteiger partial charge in [0.05, 0.1) is 23.7 Å². The first-order valence-electron chi connectivity index (χ1n) is 16.9. The van der Waals surface area contributed by atoms with Crippen molar-refractivity contribution in [2.45, 2.75) is 59.4 Å². The first kappa shape index (κ1) is 36.7. The van der Waals surface area contributed by atoms with Crippen molar-refractivity contribution in [2.24, 2.45) is 23.7 Å². The molecule has 2 N–H and O–H groups in total. The minimum Gasteiger partial charge on any atom is -0.481 e. The summed E-state index contributed by atoms with van der Waals surface area (Å²) in [4.78, 5) is 60.9. The molecule has 0 radical (unpaired) electrons. The van der Waals surface area contributed by atoms with Gasteiger partial charge in [0.15, 0.2) is 0 Å². The molecule has 0 bridgehead atoms. The van der Waals surface area contributed by atoms with Gasteiger partial charge in [-0.05, 0) is 72.5 Å². The third-order valence-corrected chi connectivity index (χ3v) is 10.9. The molecule has 50 heavy (non-hydrogen) atoms. The summed E-state index contributed by atoms with van der Waals surface area (Å²) in [5, 5.41) is 20.3. The van der Waals surface area contributed by atoms with Gasteiger partial charge in [0.25, 0.3) is 0 Å². The highest BCUT2D eigenvalue weighted by atomic mass is 32.2. The summed E-state index contributed by atoms with van der Waals surface area (Å²) >= 11 is 3.24. The molecule has 0 unspecified atom stereocenters. The average Bonchev–Trinajstić information content (AvgIpc) is 3.09. The summed E-state index contributed by atoms with van der Waals surface area (Å²) in [7, 11) is 0. The number of carboxylic acids is 2. The van der Waals surface area contributed by atoms with Crippen molar-refractivity contribution in [2.75, 3.05) is 13.1 Å². The number of rotatable bonds is 16. The van der Waals surface area contributed by atoms with Crippen LogP contribution in [0.5, 0.6) is 0 Å². The molecule has 0 aliphatic heterocycles. The minimum absolute atomic E-state index is 0.219. The Hall–Kier alpha value is -4.54. The molecule has 0 saturated heterocycles. The number of nitrogens with zero attached hydrogens (tertiary/aromatic N) is 2. The van der Waals surface area contributed by atoms with Gasteiger partial charge >= 0.3 is 11.9 Å². The fourth-order valence-corrected chi connectivity index (χ4v) is 8.16. The van der Waals surface area contributed by atoms with Crippen molar-refractivity contribution in [1.29, 1.82) is 0 Å². The predicted molar refractivity (Wildman–Crippen MR) is 195 cm³/mol. The van der Waals surface area contributed by atoms with Gasteiger partial charge in [-0.15, -0.1) is 0 Å². The highest BCUT2D eigenvalue weighted by molar-refractivity contribution is 7.99. The van der Waals surface area contributed by atoms with Crippen LogP contribution in [0.4, 0.5) is 0 Å². The number of aliphatic carboxylic acids is 2. The SMILES string of the molecule is CCCN(Cc1ccc(Sc2ccccc2)cc1)C(=O)[C@H]1[C@@H](C(=O)O)[C@H](C(=O)O)[C@@H]1C(=O)N(CCC)Cc1ccc(Sc2ccccc2)cc1. The number of hydrogen-bond donors (Lipinski definition) is 2. The Morgan fingerprint density at radius 2 is 0.820 bits per heavy atom. The molecule has 1 saturated carbocycles. The highest BCUT2D eigenvalue weighted by Gasteiger charge is 2.64. The Morgan fingerprint density at radius 3 is 1.12 bits per heavy atom. The topological polar surface area (TPSA) is 115 Å². The molecule has 0 spiro atoms. The predicted octanol–water partition coefficient (Wildman–Crippen LogP) is 7.81. The van der Waals surface area contributed by atoms with Crippen LogP contribution in [0.1, 0.15) is 37.8 Å². The molecule has 260 valence electrons. The molecular weight excluding hydrogens is 669 g/mol. The fourth-order valence-electron chi connectivity index (χ4n) is 6.49. The zero-order valence-electron chi connectivity index (χ0n) is 28.2. The van der Waals surface area contributed by atoms with E-state index in [2.05, 4.69) is 0 Å². The van der Waals surface area contributed by atoms with Crippen LogP contribution >= 0.6 is 23.5 Å². The van der Waals surface area contributed by atoms with Crippen molar-refractivity contribution >= 4 is 47.3 Å². The lowest BCUT2D eigenvalue weighted by Gasteiger charge is -2.48. The molecule has 5 rings (SSSR count). The molecule has 8 nitrogen and oxygen atoms in total. The molecule has 10 heteroatoms. The van der Waals surface area contributed by atoms with Crippen molar-refractivity contribution in [3.8, 4) is 0 Å². The second-order valence-corrected chi connectivity index (χ2v) is 14.7. The Kier molecular flexibility index (Phi) is 12.8. The number of carbonyl (C=O) groups excluding carboxylic acids is 2. The maximum absolute atomic E-state index is 14.2. The third-order valence-electron chi connectivity index (χ3n) is 8.85. The van der Waals surface area contributed by atoms with Gasteiger partial charge in [-0.1, -0.05) is 98.0 Å². The van der Waals surface area contributed by atoms with Gasteiger partial charge in [0.1, 0.15) is 0 Å². The number of carbonyl (C=O) groups is 4. The van der Waals surface area contributed by atoms with Crippen molar-refractivity contribution in [3.63, 3.8) is 0 Å². The quantitative estimate of drug-likeness (QED) is 0.121. The van der Waals surface area contributed by atoms with Crippen LogP contribution < -0.4 is 0 Å². The maximum Gasteiger partial charge on any atom is 0.308 e. The molecular formula is C40H42N2O6S2. The van der Waals surface area contributed by atoms with E-state index in [1.54, 1.807) is 33.3 Å². The second kappa shape index (κ2) is 17.4. The van der Waals surface area contributed by atoms with Crippen molar-refractivity contribution in [1.82, 2.24) is 9.80 Å². The van der Waals surface area contributed by atoms with Crippen molar-refractivity contribution in [3.05, 3.63) is 120 Å². The highest BCUT2D eigenvalue weighted by Crippen LogP contribution is 2.49. The molecule has 1 aliphatic rings. The fraction of sp³-hybridized carbons (Fsp3) is 0.300. The molecule has 0 aromatic heterocycles. The summed E-state index contributed by atoms with van der Waals surface area (Å²) in [5.41, 5.74) is 1.71. The van der Waals surface area contributed by atoms with Gasteiger partial charge in [-0.25, -0.2) is 0 Å². The van der Waals surface area contributed by atoms with E-state index in [4.69, 9.17) is 0 Å². The Morgan fingerprint density at radius 1 is 0.500 bits per heavy atom. The van der Waals surface area contributed by atoms with Gasteiger partial charge in [-0.3, -0.25) is 19.2 Å². The second-order valence-electron chi connectivity index (χ2n) is 12.4. The largest absolute Gasteiger partial charge is 0.481 e. The van der Waals surface area contributed by atoms with Crippen LogP contribution in [-0.2, 0) is 32.3 Å². The summed E-state index contributed by atoms with van der Waals surface area (Å²) in [6, 6.07) is 35.6. The maximum atomic E-state index is 14.2. The van der Waals surface area contributed by atoms with Crippen LogP contribution in [0.2, 0.25) is 0 Å². The van der Waals surface area contributed by atoms with Crippen LogP contribution in [0, 0.1) is 23.7 Å². The van der Waals surface area contributed by atoms with E-state index in [9.17, 15) is 29.4 Å². The summed E-state index contributed by atoms with van der Waals surface area (Å²) in [5.74, 6) is -9.35. The van der Waals surface area contributed by atoms with Crippen LogP contribution in [0.3, 0.4) is 0 Å². The van der Waals surface area contributed by atoms with E-state index in [1.807, 2.05) is 123 Å². The van der Waals surface area contributed by atoms with E-state index in [0.717, 1.165) is 30.7 Å². The summed E-state index contributed by atoms with van der Waals surface area (Å²) in [6.07, 6.45) is 1.22. The number of benzene rings is 4. The van der Waals surface area contributed by atoms with E-state index in [0.29, 0.717) is 25.9 Å². The van der Waals surface area contributed by atoms with Crippen LogP contribution in [0.15, 0.2) is 129 Å². The molecule has 4 aromatic carbocycles. The summed E-state index contributed by atoms with van der Waals surface area (Å²) in [6.45, 7) is 4.96. The minimum atomic E-state index is -1.50. The molecule has 2 amide bonds. The Bertz CT molecular complexity index is 1620. The molecule has 4 aromatic rings. The Labute approximate surface area is 301 Å². The Balaban J connectivity index is 1.35. The zero-order chi connectivity index (χ0) is 35.6. The average molecular weight is 711 g/mol. The van der Waals surface area contributed by atoms with E-state index in [1.165, 1.54) is 0 Å². The van der Waals surface area contributed by atoms with Gasteiger partial charge in [0.2, 0.25) is 11.8 Å².